The Labute approximate surface area is 308 Å². The summed E-state index contributed by atoms with van der Waals surface area (Å²) in [6.45, 7) is 11.6. The lowest BCUT2D eigenvalue weighted by Crippen LogP contribution is -2.65. The zero-order valence-corrected chi connectivity index (χ0v) is 32.2. The summed E-state index contributed by atoms with van der Waals surface area (Å²) < 4.78 is 30.7. The topological polar surface area (TPSA) is 202 Å². The molecular formula is C38H63NO13. The summed E-state index contributed by atoms with van der Waals surface area (Å²) in [7, 11) is 3.51. The van der Waals surface area contributed by atoms with Gasteiger partial charge >= 0.3 is 5.97 Å². The van der Waals surface area contributed by atoms with Crippen LogP contribution in [0.3, 0.4) is 0 Å². The molecule has 2 fully saturated rings. The maximum absolute atomic E-state index is 13.3. The van der Waals surface area contributed by atoms with Gasteiger partial charge in [0.2, 0.25) is 0 Å². The molecule has 0 spiro atoms. The molecule has 0 unspecified atom stereocenters. The molecular weight excluding hydrogens is 678 g/mol. The van der Waals surface area contributed by atoms with Crippen LogP contribution in [0.2, 0.25) is 0 Å². The Morgan fingerprint density at radius 3 is 2.27 bits per heavy atom. The van der Waals surface area contributed by atoms with Crippen LogP contribution in [0, 0.1) is 23.7 Å². The molecule has 14 nitrogen and oxygen atoms in total. The number of cyclic esters (lactones) is 1. The normalized spacial score (nSPS) is 44.8. The number of esters is 1. The zero-order chi connectivity index (χ0) is 39.1. The predicted molar refractivity (Wildman–Crippen MR) is 190 cm³/mol. The van der Waals surface area contributed by atoms with Crippen molar-refractivity contribution in [2.45, 2.75) is 154 Å². The number of ketones is 1. The minimum atomic E-state index is -1.47. The summed E-state index contributed by atoms with van der Waals surface area (Å²) in [5, 5.41) is 54.5. The molecule has 0 radical (unpaired) electrons. The van der Waals surface area contributed by atoms with Gasteiger partial charge in [0, 0.05) is 30.6 Å². The molecule has 3 heterocycles. The largest absolute Gasteiger partial charge is 0.462 e. The lowest BCUT2D eigenvalue weighted by Gasteiger charge is -2.50. The number of ether oxygens (including phenoxy) is 5. The van der Waals surface area contributed by atoms with Crippen molar-refractivity contribution < 1.29 is 63.6 Å². The molecule has 2 saturated heterocycles. The van der Waals surface area contributed by atoms with E-state index in [9.17, 15) is 39.9 Å². The van der Waals surface area contributed by atoms with Crippen molar-refractivity contribution in [3.05, 3.63) is 23.8 Å². The van der Waals surface area contributed by atoms with Gasteiger partial charge in [-0.05, 0) is 66.6 Å². The van der Waals surface area contributed by atoms with Crippen LogP contribution in [-0.4, -0.2) is 142 Å². The van der Waals surface area contributed by atoms with Crippen molar-refractivity contribution in [2.75, 3.05) is 20.7 Å². The average Bonchev–Trinajstić information content (AvgIpc) is 3.07. The molecule has 52 heavy (non-hydrogen) atoms. The van der Waals surface area contributed by atoms with Crippen LogP contribution in [0.5, 0.6) is 0 Å². The van der Waals surface area contributed by atoms with Crippen LogP contribution >= 0.6 is 0 Å². The number of carbonyl (C=O) groups is 3. The van der Waals surface area contributed by atoms with Gasteiger partial charge in [0.05, 0.1) is 49.1 Å². The number of rotatable bonds is 9. The number of aliphatic hydroxyl groups is 5. The molecule has 16 atom stereocenters. The second-order valence-electron chi connectivity index (χ2n) is 15.5. The highest BCUT2D eigenvalue weighted by Crippen LogP contribution is 2.37. The monoisotopic (exact) mass is 741 g/mol. The summed E-state index contributed by atoms with van der Waals surface area (Å²) in [4.78, 5) is 40.3. The summed E-state index contributed by atoms with van der Waals surface area (Å²) >= 11 is 0. The summed E-state index contributed by atoms with van der Waals surface area (Å²) in [6.07, 6.45) is -4.08. The Morgan fingerprint density at radius 2 is 1.69 bits per heavy atom. The van der Waals surface area contributed by atoms with Gasteiger partial charge in [-0.15, -0.1) is 0 Å². The quantitative estimate of drug-likeness (QED) is 0.169. The van der Waals surface area contributed by atoms with Crippen LogP contribution in [0.25, 0.3) is 0 Å². The van der Waals surface area contributed by atoms with Crippen LogP contribution in [0.15, 0.2) is 23.8 Å². The van der Waals surface area contributed by atoms with Crippen LogP contribution in [-0.2, 0) is 38.1 Å². The Hall–Kier alpha value is -2.11. The molecule has 298 valence electrons. The number of allylic oxidation sites excluding steroid dienone is 3. The number of nitrogens with zero attached hydrogens (tertiary/aromatic N) is 1. The highest BCUT2D eigenvalue weighted by molar-refractivity contribution is 5.91. The van der Waals surface area contributed by atoms with Gasteiger partial charge in [-0.2, -0.15) is 0 Å². The Bertz CT molecular complexity index is 1240. The molecule has 0 aromatic heterocycles. The van der Waals surface area contributed by atoms with E-state index in [2.05, 4.69) is 0 Å². The number of likely N-dealkylation sites (N-methyl/N-ethyl adjacent to an activating group) is 1. The van der Waals surface area contributed by atoms with Crippen LogP contribution in [0.4, 0.5) is 0 Å². The fraction of sp³-hybridized carbons (Fsp3) is 0.816. The van der Waals surface area contributed by atoms with E-state index in [1.54, 1.807) is 65.8 Å². The molecule has 0 aromatic rings. The number of carbonyl (C=O) groups excluding carboxylic acids is 3. The standard InChI is InChI=1S/C38H63NO13/c1-10-29-26(19-41)15-20(2)11-12-27(42)21(3)16-25(13-14-40)34(22(4)28(43)17-30(44)50-29)52-37-33(45)32(39(8)9)35(23(5)49-37)51-31-18-38(7,47)36(46)24(6)48-31/h11-12,14-15,21-26,28-29,31-37,41,43,45-47H,10,13,16-19H2,1-9H3/b12-11+,20-15-/t21-,22+,23-,24+,25+,26-,28-,29-,31+,32-,33-,34-,35+,36+,37+,38-/m1/s1. The Morgan fingerprint density at radius 1 is 1.02 bits per heavy atom. The highest BCUT2D eigenvalue weighted by Gasteiger charge is 2.51. The third kappa shape index (κ3) is 11.2. The summed E-state index contributed by atoms with van der Waals surface area (Å²) in [5.41, 5.74) is -0.773. The van der Waals surface area contributed by atoms with Crippen molar-refractivity contribution in [3.63, 3.8) is 0 Å². The first kappa shape index (κ1) is 44.3. The SMILES string of the molecule is CC[C@H]1OC(=O)C[C@@H](O)[C@H](C)[C@@H](O[C@@H]2O[C@H](C)[C@H](O[C@H]3C[C@@](C)(O)[C@@H](O)[C@H](C)O3)[C@H](N(C)C)[C@H]2O)[C@@H](CC=O)C[C@@H](C)C(=O)/C=C/C(C)=C\[C@@H]1CO. The predicted octanol–water partition coefficient (Wildman–Crippen LogP) is 1.67. The van der Waals surface area contributed by atoms with Crippen LogP contribution < -0.4 is 0 Å². The lowest BCUT2D eigenvalue weighted by molar-refractivity contribution is -0.341. The first-order chi connectivity index (χ1) is 24.3. The molecule has 0 saturated carbocycles. The maximum Gasteiger partial charge on any atom is 0.308 e. The molecule has 0 bridgehead atoms. The minimum Gasteiger partial charge on any atom is -0.462 e. The number of hydrogen-bond acceptors (Lipinski definition) is 14. The number of aliphatic hydroxyl groups excluding tert-OH is 4. The molecule has 0 aromatic carbocycles. The van der Waals surface area contributed by atoms with Gasteiger partial charge in [0.25, 0.3) is 0 Å². The number of aldehydes is 1. The molecule has 3 rings (SSSR count). The highest BCUT2D eigenvalue weighted by atomic mass is 16.7. The van der Waals surface area contributed by atoms with Gasteiger partial charge < -0.3 is 58.9 Å². The summed E-state index contributed by atoms with van der Waals surface area (Å²) in [5.74, 6) is -3.38. The second-order valence-corrected chi connectivity index (χ2v) is 15.5. The van der Waals surface area contributed by atoms with Crippen LogP contribution in [0.1, 0.15) is 80.6 Å². The van der Waals surface area contributed by atoms with Gasteiger partial charge in [0.15, 0.2) is 18.4 Å². The van der Waals surface area contributed by atoms with E-state index < -0.39 is 109 Å². The van der Waals surface area contributed by atoms with Gasteiger partial charge in [0.1, 0.15) is 30.7 Å². The maximum atomic E-state index is 13.3. The fourth-order valence-electron chi connectivity index (χ4n) is 7.68. The van der Waals surface area contributed by atoms with Gasteiger partial charge in [-0.3, -0.25) is 9.59 Å². The molecule has 3 aliphatic heterocycles. The van der Waals surface area contributed by atoms with E-state index in [0.29, 0.717) is 12.0 Å². The van der Waals surface area contributed by atoms with Crippen molar-refractivity contribution in [3.8, 4) is 0 Å². The number of hydrogen-bond donors (Lipinski definition) is 5. The van der Waals surface area contributed by atoms with E-state index in [1.165, 1.54) is 13.0 Å². The molecule has 3 aliphatic rings. The zero-order valence-electron chi connectivity index (χ0n) is 32.2. The van der Waals surface area contributed by atoms with Crippen molar-refractivity contribution >= 4 is 18.0 Å². The Kier molecular flexibility index (Phi) is 16.6. The average molecular weight is 742 g/mol. The summed E-state index contributed by atoms with van der Waals surface area (Å²) in [6, 6.07) is -0.720. The smallest absolute Gasteiger partial charge is 0.308 e. The third-order valence-electron chi connectivity index (χ3n) is 10.9. The Balaban J connectivity index is 1.96. The lowest BCUT2D eigenvalue weighted by atomic mass is 9.79. The molecule has 0 aliphatic carbocycles. The van der Waals surface area contributed by atoms with Crippen molar-refractivity contribution in [2.24, 2.45) is 23.7 Å². The molecule has 14 heteroatoms. The third-order valence-corrected chi connectivity index (χ3v) is 10.9. The van der Waals surface area contributed by atoms with E-state index in [0.717, 1.165) is 6.29 Å². The minimum absolute atomic E-state index is 0.0210. The van der Waals surface area contributed by atoms with Crippen molar-refractivity contribution in [1.82, 2.24) is 4.90 Å². The van der Waals surface area contributed by atoms with E-state index in [4.69, 9.17) is 23.7 Å². The van der Waals surface area contributed by atoms with E-state index in [-0.39, 0.29) is 31.7 Å². The fourth-order valence-corrected chi connectivity index (χ4v) is 7.68. The second kappa shape index (κ2) is 19.5. The van der Waals surface area contributed by atoms with E-state index in [1.807, 2.05) is 6.92 Å². The molecule has 0 amide bonds. The van der Waals surface area contributed by atoms with Crippen molar-refractivity contribution in [1.29, 1.82) is 0 Å². The van der Waals surface area contributed by atoms with E-state index >= 15 is 0 Å². The molecule has 5 N–H and O–H groups in total. The van der Waals surface area contributed by atoms with Gasteiger partial charge in [-0.25, -0.2) is 0 Å². The van der Waals surface area contributed by atoms with Gasteiger partial charge in [-0.1, -0.05) is 38.5 Å². The first-order valence-electron chi connectivity index (χ1n) is 18.5. The first-order valence-corrected chi connectivity index (χ1v) is 18.5.